The Morgan fingerprint density at radius 3 is 2.72 bits per heavy atom. The molecule has 1 aliphatic rings. The van der Waals surface area contributed by atoms with Gasteiger partial charge in [0.05, 0.1) is 0 Å². The quantitative estimate of drug-likeness (QED) is 0.807. The van der Waals surface area contributed by atoms with Gasteiger partial charge in [0, 0.05) is 11.6 Å². The molecule has 0 saturated heterocycles. The topological polar surface area (TPSA) is 49.7 Å². The van der Waals surface area contributed by atoms with Crippen molar-refractivity contribution in [3.63, 3.8) is 0 Å². The number of aromatic hydroxyl groups is 2. The number of rotatable bonds is 1. The second-order valence-electron chi connectivity index (χ2n) is 4.50. The molecule has 1 atom stereocenters. The Morgan fingerprint density at radius 2 is 1.89 bits per heavy atom. The molecule has 2 aromatic carbocycles. The van der Waals surface area contributed by atoms with Crippen LogP contribution in [-0.4, -0.2) is 10.2 Å². The zero-order valence-corrected chi connectivity index (χ0v) is 9.84. The minimum Gasteiger partial charge on any atom is -0.508 e. The Balaban J connectivity index is 1.92. The summed E-state index contributed by atoms with van der Waals surface area (Å²) < 4.78 is 5.90. The lowest BCUT2D eigenvalue weighted by Crippen LogP contribution is -2.15. The number of hydrogen-bond acceptors (Lipinski definition) is 3. The first-order valence-corrected chi connectivity index (χ1v) is 6.00. The van der Waals surface area contributed by atoms with E-state index in [4.69, 9.17) is 4.74 Å². The fourth-order valence-corrected chi connectivity index (χ4v) is 2.35. The Kier molecular flexibility index (Phi) is 2.59. The number of phenolic OH excluding ortho intramolecular Hbond substituents is 2. The molecule has 92 valence electrons. The molecule has 0 aliphatic carbocycles. The van der Waals surface area contributed by atoms with E-state index in [0.29, 0.717) is 0 Å². The minimum atomic E-state index is -0.152. The van der Waals surface area contributed by atoms with Crippen LogP contribution in [0.1, 0.15) is 23.7 Å². The highest BCUT2D eigenvalue weighted by atomic mass is 16.5. The van der Waals surface area contributed by atoms with E-state index in [1.54, 1.807) is 12.1 Å². The highest BCUT2D eigenvalue weighted by molar-refractivity contribution is 5.43. The number of fused-ring (bicyclic) bond motifs is 1. The smallest absolute Gasteiger partial charge is 0.128 e. The van der Waals surface area contributed by atoms with Gasteiger partial charge in [0.1, 0.15) is 23.4 Å². The third kappa shape index (κ3) is 1.88. The van der Waals surface area contributed by atoms with Crippen molar-refractivity contribution in [2.24, 2.45) is 0 Å². The maximum absolute atomic E-state index is 9.85. The molecule has 0 spiro atoms. The Hall–Kier alpha value is -2.16. The molecule has 0 fully saturated rings. The van der Waals surface area contributed by atoms with Crippen LogP contribution in [0, 0.1) is 0 Å². The molecule has 2 N–H and O–H groups in total. The molecule has 1 heterocycles. The van der Waals surface area contributed by atoms with Gasteiger partial charge in [0.15, 0.2) is 0 Å². The van der Waals surface area contributed by atoms with Crippen LogP contribution in [0.15, 0.2) is 42.5 Å². The molecule has 1 unspecified atom stereocenters. The van der Waals surface area contributed by atoms with Crippen LogP contribution in [-0.2, 0) is 6.42 Å². The Labute approximate surface area is 105 Å². The number of aryl methyl sites for hydroxylation is 1. The van der Waals surface area contributed by atoms with Gasteiger partial charge in [0.25, 0.3) is 0 Å². The van der Waals surface area contributed by atoms with E-state index in [1.165, 1.54) is 11.6 Å². The summed E-state index contributed by atoms with van der Waals surface area (Å²) in [5.41, 5.74) is 1.93. The third-order valence-corrected chi connectivity index (χ3v) is 3.28. The van der Waals surface area contributed by atoms with Gasteiger partial charge in [-0.05, 0) is 36.6 Å². The summed E-state index contributed by atoms with van der Waals surface area (Å²) in [6.45, 7) is 0. The summed E-state index contributed by atoms with van der Waals surface area (Å²) >= 11 is 0. The maximum atomic E-state index is 9.85. The molecule has 0 radical (unpaired) electrons. The van der Waals surface area contributed by atoms with Crippen molar-refractivity contribution < 1.29 is 14.9 Å². The first-order chi connectivity index (χ1) is 8.74. The van der Waals surface area contributed by atoms with E-state index in [-0.39, 0.29) is 17.6 Å². The summed E-state index contributed by atoms with van der Waals surface area (Å²) in [4.78, 5) is 0. The van der Waals surface area contributed by atoms with E-state index < -0.39 is 0 Å². The van der Waals surface area contributed by atoms with Gasteiger partial charge in [-0.25, -0.2) is 0 Å². The van der Waals surface area contributed by atoms with E-state index in [9.17, 15) is 10.2 Å². The standard InChI is InChI=1S/C15H14O3/c16-11-6-7-12(13(17)9-11)15-8-5-10-3-1-2-4-14(10)18-15/h1-4,6-7,9,15-17H,5,8H2. The molecule has 3 nitrogen and oxygen atoms in total. The van der Waals surface area contributed by atoms with E-state index in [0.717, 1.165) is 24.2 Å². The maximum Gasteiger partial charge on any atom is 0.128 e. The lowest BCUT2D eigenvalue weighted by molar-refractivity contribution is 0.173. The molecule has 18 heavy (non-hydrogen) atoms. The summed E-state index contributed by atoms with van der Waals surface area (Å²) in [6, 6.07) is 12.6. The van der Waals surface area contributed by atoms with Gasteiger partial charge in [-0.15, -0.1) is 0 Å². The first kappa shape index (κ1) is 11.0. The molecule has 3 rings (SSSR count). The number of para-hydroxylation sites is 1. The van der Waals surface area contributed by atoms with Crippen LogP contribution in [0.4, 0.5) is 0 Å². The second kappa shape index (κ2) is 4.26. The summed E-state index contributed by atoms with van der Waals surface area (Å²) in [5, 5.41) is 19.1. The van der Waals surface area contributed by atoms with E-state index in [2.05, 4.69) is 6.07 Å². The van der Waals surface area contributed by atoms with Crippen molar-refractivity contribution in [2.75, 3.05) is 0 Å². The predicted octanol–water partition coefficient (Wildman–Crippen LogP) is 3.16. The minimum absolute atomic E-state index is 0.0625. The molecule has 1 aliphatic heterocycles. The van der Waals surface area contributed by atoms with Crippen molar-refractivity contribution in [1.29, 1.82) is 0 Å². The number of phenols is 2. The summed E-state index contributed by atoms with van der Waals surface area (Å²) in [7, 11) is 0. The van der Waals surface area contributed by atoms with Crippen LogP contribution in [0.3, 0.4) is 0 Å². The summed E-state index contributed by atoms with van der Waals surface area (Å²) in [6.07, 6.45) is 1.61. The lowest BCUT2D eigenvalue weighted by atomic mass is 9.97. The molecule has 2 aromatic rings. The van der Waals surface area contributed by atoms with Crippen molar-refractivity contribution in [3.8, 4) is 17.2 Å². The van der Waals surface area contributed by atoms with Gasteiger partial charge in [-0.3, -0.25) is 0 Å². The monoisotopic (exact) mass is 242 g/mol. The fourth-order valence-electron chi connectivity index (χ4n) is 2.35. The average molecular weight is 242 g/mol. The fraction of sp³-hybridized carbons (Fsp3) is 0.200. The molecule has 0 amide bonds. The largest absolute Gasteiger partial charge is 0.508 e. The van der Waals surface area contributed by atoms with E-state index >= 15 is 0 Å². The van der Waals surface area contributed by atoms with Crippen LogP contribution in [0.5, 0.6) is 17.2 Å². The molecule has 0 aromatic heterocycles. The van der Waals surface area contributed by atoms with Gasteiger partial charge in [-0.2, -0.15) is 0 Å². The average Bonchev–Trinajstić information content (AvgIpc) is 2.38. The summed E-state index contributed by atoms with van der Waals surface area (Å²) in [5.74, 6) is 1.02. The number of hydrogen-bond donors (Lipinski definition) is 2. The molecular weight excluding hydrogens is 228 g/mol. The first-order valence-electron chi connectivity index (χ1n) is 6.00. The Morgan fingerprint density at radius 1 is 1.06 bits per heavy atom. The molecule has 3 heteroatoms. The predicted molar refractivity (Wildman–Crippen MR) is 67.9 cm³/mol. The van der Waals surface area contributed by atoms with Gasteiger partial charge in [-0.1, -0.05) is 18.2 Å². The van der Waals surface area contributed by atoms with Gasteiger partial charge >= 0.3 is 0 Å². The van der Waals surface area contributed by atoms with Crippen molar-refractivity contribution in [2.45, 2.75) is 18.9 Å². The molecular formula is C15H14O3. The SMILES string of the molecule is Oc1ccc(C2CCc3ccccc3O2)c(O)c1. The van der Waals surface area contributed by atoms with Crippen LogP contribution < -0.4 is 4.74 Å². The second-order valence-corrected chi connectivity index (χ2v) is 4.50. The van der Waals surface area contributed by atoms with Gasteiger partial charge < -0.3 is 14.9 Å². The number of benzene rings is 2. The lowest BCUT2D eigenvalue weighted by Gasteiger charge is -2.26. The number of ether oxygens (including phenoxy) is 1. The molecule has 0 saturated carbocycles. The normalized spacial score (nSPS) is 17.9. The van der Waals surface area contributed by atoms with E-state index in [1.807, 2.05) is 18.2 Å². The van der Waals surface area contributed by atoms with Crippen molar-refractivity contribution in [1.82, 2.24) is 0 Å². The highest BCUT2D eigenvalue weighted by Crippen LogP contribution is 2.38. The Bertz CT molecular complexity index is 578. The zero-order chi connectivity index (χ0) is 12.5. The zero-order valence-electron chi connectivity index (χ0n) is 9.84. The van der Waals surface area contributed by atoms with Crippen molar-refractivity contribution >= 4 is 0 Å². The van der Waals surface area contributed by atoms with Crippen LogP contribution in [0.2, 0.25) is 0 Å². The van der Waals surface area contributed by atoms with Crippen molar-refractivity contribution in [3.05, 3.63) is 53.6 Å². The highest BCUT2D eigenvalue weighted by Gasteiger charge is 2.23. The van der Waals surface area contributed by atoms with Crippen LogP contribution >= 0.6 is 0 Å². The van der Waals surface area contributed by atoms with Gasteiger partial charge in [0.2, 0.25) is 0 Å². The third-order valence-electron chi connectivity index (χ3n) is 3.28. The molecule has 0 bridgehead atoms. The van der Waals surface area contributed by atoms with Crippen LogP contribution in [0.25, 0.3) is 0 Å².